The first kappa shape index (κ1) is 20.2. The van der Waals surface area contributed by atoms with E-state index in [1.807, 2.05) is 32.9 Å². The molecular weight excluding hydrogens is 376 g/mol. The molecule has 1 aliphatic rings. The van der Waals surface area contributed by atoms with E-state index in [1.54, 1.807) is 30.2 Å². The van der Waals surface area contributed by atoms with Gasteiger partial charge in [-0.1, -0.05) is 6.92 Å². The highest BCUT2D eigenvalue weighted by Gasteiger charge is 2.24. The van der Waals surface area contributed by atoms with Crippen LogP contribution in [-0.2, 0) is 21.2 Å². The zero-order valence-corrected chi connectivity index (χ0v) is 17.5. The van der Waals surface area contributed by atoms with Crippen LogP contribution in [0.1, 0.15) is 36.5 Å². The van der Waals surface area contributed by atoms with Crippen molar-refractivity contribution >= 4 is 27.3 Å². The fourth-order valence-electron chi connectivity index (χ4n) is 3.69. The molecule has 1 heterocycles. The third kappa shape index (κ3) is 3.85. The summed E-state index contributed by atoms with van der Waals surface area (Å²) in [5, 5.41) is 0. The molecule has 0 saturated heterocycles. The van der Waals surface area contributed by atoms with Crippen molar-refractivity contribution in [3.8, 4) is 5.75 Å². The number of fused-ring (bicyclic) bond motifs is 1. The molecular formula is C21H26N2O4S. The second-order valence-corrected chi connectivity index (χ2v) is 8.77. The molecule has 1 N–H and O–H groups in total. The van der Waals surface area contributed by atoms with Gasteiger partial charge in [0.15, 0.2) is 0 Å². The fraction of sp³-hybridized carbons (Fsp3) is 0.381. The Morgan fingerprint density at radius 2 is 1.79 bits per heavy atom. The van der Waals surface area contributed by atoms with E-state index in [2.05, 4.69) is 4.72 Å². The lowest BCUT2D eigenvalue weighted by molar-refractivity contribution is -0.118. The van der Waals surface area contributed by atoms with Crippen LogP contribution >= 0.6 is 0 Å². The number of hydrogen-bond acceptors (Lipinski definition) is 4. The summed E-state index contributed by atoms with van der Waals surface area (Å²) >= 11 is 0. The highest BCUT2D eigenvalue weighted by molar-refractivity contribution is 7.92. The molecule has 0 aromatic heterocycles. The normalized spacial score (nSPS) is 14.0. The number of nitrogens with one attached hydrogen (secondary N) is 1. The Kier molecular flexibility index (Phi) is 5.65. The number of carbonyl (C=O) groups is 1. The van der Waals surface area contributed by atoms with Gasteiger partial charge < -0.3 is 9.64 Å². The van der Waals surface area contributed by atoms with Crippen LogP contribution in [0.5, 0.6) is 5.75 Å². The van der Waals surface area contributed by atoms with Crippen LogP contribution in [0.25, 0.3) is 0 Å². The first-order valence-corrected chi connectivity index (χ1v) is 10.9. The standard InChI is InChI=1S/C21H26N2O4S/c1-5-10-23-19-8-7-17(13-16(19)6-9-20(23)24)22-28(25,26)18-11-14(2)21(27-4)15(3)12-18/h7-8,11-13,22H,5-6,9-10H2,1-4H3. The van der Waals surface area contributed by atoms with Crippen molar-refractivity contribution in [1.29, 1.82) is 0 Å². The Balaban J connectivity index is 1.91. The first-order chi connectivity index (χ1) is 13.3. The molecule has 3 rings (SSSR count). The van der Waals surface area contributed by atoms with E-state index < -0.39 is 10.0 Å². The molecule has 0 bridgehead atoms. The van der Waals surface area contributed by atoms with Gasteiger partial charge in [-0.15, -0.1) is 0 Å². The molecule has 1 aliphatic heterocycles. The maximum atomic E-state index is 12.9. The fourth-order valence-corrected chi connectivity index (χ4v) is 4.91. The molecule has 0 saturated carbocycles. The number of ether oxygens (including phenoxy) is 1. The zero-order chi connectivity index (χ0) is 20.5. The molecule has 0 atom stereocenters. The SMILES string of the molecule is CCCN1C(=O)CCc2cc(NS(=O)(=O)c3cc(C)c(OC)c(C)c3)ccc21. The van der Waals surface area contributed by atoms with Crippen molar-refractivity contribution in [3.05, 3.63) is 47.0 Å². The van der Waals surface area contributed by atoms with Gasteiger partial charge in [-0.2, -0.15) is 0 Å². The predicted molar refractivity (Wildman–Crippen MR) is 111 cm³/mol. The molecule has 2 aromatic carbocycles. The van der Waals surface area contributed by atoms with E-state index in [0.29, 0.717) is 30.8 Å². The van der Waals surface area contributed by atoms with Crippen LogP contribution in [-0.4, -0.2) is 28.0 Å². The van der Waals surface area contributed by atoms with Gasteiger partial charge in [0.1, 0.15) is 5.75 Å². The van der Waals surface area contributed by atoms with Gasteiger partial charge >= 0.3 is 0 Å². The Morgan fingerprint density at radius 1 is 1.11 bits per heavy atom. The van der Waals surface area contributed by atoms with Gasteiger partial charge in [-0.3, -0.25) is 9.52 Å². The van der Waals surface area contributed by atoms with Gasteiger partial charge in [-0.05, 0) is 73.7 Å². The van der Waals surface area contributed by atoms with Crippen molar-refractivity contribution in [2.75, 3.05) is 23.3 Å². The highest BCUT2D eigenvalue weighted by atomic mass is 32.2. The van der Waals surface area contributed by atoms with Crippen molar-refractivity contribution in [1.82, 2.24) is 0 Å². The average molecular weight is 403 g/mol. The van der Waals surface area contributed by atoms with Crippen LogP contribution in [0.15, 0.2) is 35.2 Å². The lowest BCUT2D eigenvalue weighted by Crippen LogP contribution is -2.35. The topological polar surface area (TPSA) is 75.7 Å². The quantitative estimate of drug-likeness (QED) is 0.797. The molecule has 7 heteroatoms. The Hall–Kier alpha value is -2.54. The summed E-state index contributed by atoms with van der Waals surface area (Å²) in [5.74, 6) is 0.806. The number of carbonyl (C=O) groups excluding carboxylic acids is 1. The molecule has 0 spiro atoms. The van der Waals surface area contributed by atoms with Crippen molar-refractivity contribution in [2.45, 2.75) is 44.9 Å². The van der Waals surface area contributed by atoms with Crippen molar-refractivity contribution < 1.29 is 17.9 Å². The number of benzene rings is 2. The van der Waals surface area contributed by atoms with E-state index in [0.717, 1.165) is 28.8 Å². The molecule has 28 heavy (non-hydrogen) atoms. The van der Waals surface area contributed by atoms with Crippen LogP contribution < -0.4 is 14.4 Å². The second-order valence-electron chi connectivity index (χ2n) is 7.08. The van der Waals surface area contributed by atoms with Crippen molar-refractivity contribution in [2.24, 2.45) is 0 Å². The largest absolute Gasteiger partial charge is 0.496 e. The summed E-state index contributed by atoms with van der Waals surface area (Å²) in [6.45, 7) is 6.34. The third-order valence-electron chi connectivity index (χ3n) is 4.93. The molecule has 0 radical (unpaired) electrons. The van der Waals surface area contributed by atoms with Crippen LogP contribution in [0.4, 0.5) is 11.4 Å². The van der Waals surface area contributed by atoms with Gasteiger partial charge in [0.25, 0.3) is 10.0 Å². The molecule has 0 unspecified atom stereocenters. The molecule has 1 amide bonds. The molecule has 150 valence electrons. The first-order valence-electron chi connectivity index (χ1n) is 9.38. The van der Waals surface area contributed by atoms with E-state index in [4.69, 9.17) is 4.74 Å². The maximum absolute atomic E-state index is 12.9. The van der Waals surface area contributed by atoms with Crippen LogP contribution in [0.2, 0.25) is 0 Å². The van der Waals surface area contributed by atoms with E-state index >= 15 is 0 Å². The average Bonchev–Trinajstić information content (AvgIpc) is 2.63. The molecule has 0 fully saturated rings. The van der Waals surface area contributed by atoms with Crippen molar-refractivity contribution in [3.63, 3.8) is 0 Å². The molecule has 2 aromatic rings. The Labute approximate surface area is 166 Å². The summed E-state index contributed by atoms with van der Waals surface area (Å²) in [5.41, 5.74) is 3.88. The third-order valence-corrected chi connectivity index (χ3v) is 6.29. The minimum absolute atomic E-state index is 0.117. The number of rotatable bonds is 6. The summed E-state index contributed by atoms with van der Waals surface area (Å²) < 4.78 is 33.7. The summed E-state index contributed by atoms with van der Waals surface area (Å²) in [6.07, 6.45) is 1.93. The van der Waals surface area contributed by atoms with E-state index in [1.165, 1.54) is 0 Å². The van der Waals surface area contributed by atoms with Crippen LogP contribution in [0.3, 0.4) is 0 Å². The number of aryl methyl sites for hydroxylation is 3. The van der Waals surface area contributed by atoms with Crippen LogP contribution in [0, 0.1) is 13.8 Å². The maximum Gasteiger partial charge on any atom is 0.261 e. The predicted octanol–water partition coefficient (Wildman–Crippen LogP) is 3.80. The smallest absolute Gasteiger partial charge is 0.261 e. The number of nitrogens with zero attached hydrogens (tertiary/aromatic N) is 1. The lowest BCUT2D eigenvalue weighted by Gasteiger charge is -2.29. The van der Waals surface area contributed by atoms with Gasteiger partial charge in [0.2, 0.25) is 5.91 Å². The summed E-state index contributed by atoms with van der Waals surface area (Å²) in [6, 6.07) is 8.57. The number of methoxy groups -OCH3 is 1. The lowest BCUT2D eigenvalue weighted by atomic mass is 10.0. The minimum Gasteiger partial charge on any atom is -0.496 e. The van der Waals surface area contributed by atoms with E-state index in [-0.39, 0.29) is 10.8 Å². The molecule has 0 aliphatic carbocycles. The Bertz CT molecular complexity index is 992. The second kappa shape index (κ2) is 7.83. The van der Waals surface area contributed by atoms with Gasteiger partial charge in [0.05, 0.1) is 12.0 Å². The Morgan fingerprint density at radius 3 is 2.39 bits per heavy atom. The number of sulfonamides is 1. The van der Waals surface area contributed by atoms with Gasteiger partial charge in [-0.25, -0.2) is 8.42 Å². The number of amides is 1. The minimum atomic E-state index is -3.73. The number of hydrogen-bond donors (Lipinski definition) is 1. The molecule has 6 nitrogen and oxygen atoms in total. The zero-order valence-electron chi connectivity index (χ0n) is 16.7. The summed E-state index contributed by atoms with van der Waals surface area (Å²) in [4.78, 5) is 14.1. The van der Waals surface area contributed by atoms with Gasteiger partial charge in [0, 0.05) is 24.3 Å². The summed E-state index contributed by atoms with van der Waals surface area (Å²) in [7, 11) is -2.16. The van der Waals surface area contributed by atoms with E-state index in [9.17, 15) is 13.2 Å². The highest BCUT2D eigenvalue weighted by Crippen LogP contribution is 2.32. The number of anilines is 2. The monoisotopic (exact) mass is 402 g/mol.